The van der Waals surface area contributed by atoms with Gasteiger partial charge in [0.1, 0.15) is 22.5 Å². The van der Waals surface area contributed by atoms with Crippen LogP contribution in [0.4, 0.5) is 0 Å². The topological polar surface area (TPSA) is 38.9 Å². The summed E-state index contributed by atoms with van der Waals surface area (Å²) in [7, 11) is 0. The first kappa shape index (κ1) is 12.4. The van der Waals surface area contributed by atoms with E-state index in [4.69, 9.17) is 4.42 Å². The zero-order valence-electron chi connectivity index (χ0n) is 11.4. The number of fused-ring (bicyclic) bond motifs is 3. The lowest BCUT2D eigenvalue weighted by Crippen LogP contribution is -1.84. The van der Waals surface area contributed by atoms with Crippen molar-refractivity contribution in [1.29, 1.82) is 0 Å². The first-order valence-corrected chi connectivity index (χ1v) is 7.50. The van der Waals surface area contributed by atoms with Gasteiger partial charge in [0.25, 0.3) is 0 Å². The van der Waals surface area contributed by atoms with Gasteiger partial charge in [-0.3, -0.25) is 0 Å². The molecule has 0 saturated heterocycles. The van der Waals surface area contributed by atoms with Crippen molar-refractivity contribution in [2.45, 2.75) is 16.8 Å². The maximum atomic E-state index is 5.93. The van der Waals surface area contributed by atoms with E-state index in [1.807, 2.05) is 24.3 Å². The molecule has 0 aliphatic carbocycles. The van der Waals surface area contributed by atoms with Crippen molar-refractivity contribution in [2.75, 3.05) is 0 Å². The second kappa shape index (κ2) is 4.90. The van der Waals surface area contributed by atoms with Gasteiger partial charge in [0.2, 0.25) is 0 Å². The molecule has 0 spiro atoms. The van der Waals surface area contributed by atoms with Gasteiger partial charge in [0.05, 0.1) is 0 Å². The van der Waals surface area contributed by atoms with E-state index in [0.29, 0.717) is 0 Å². The smallest absolute Gasteiger partial charge is 0.186 e. The fraction of sp³-hybridized carbons (Fsp3) is 0.0588. The molecule has 4 aromatic rings. The summed E-state index contributed by atoms with van der Waals surface area (Å²) < 4.78 is 5.93. The van der Waals surface area contributed by atoms with Crippen molar-refractivity contribution in [3.8, 4) is 0 Å². The van der Waals surface area contributed by atoms with Crippen LogP contribution in [0, 0.1) is 6.92 Å². The van der Waals surface area contributed by atoms with Gasteiger partial charge in [-0.1, -0.05) is 41.6 Å². The van der Waals surface area contributed by atoms with Crippen molar-refractivity contribution < 1.29 is 4.42 Å². The van der Waals surface area contributed by atoms with Gasteiger partial charge in [0, 0.05) is 10.3 Å². The summed E-state index contributed by atoms with van der Waals surface area (Å²) in [6, 6.07) is 16.3. The second-order valence-corrected chi connectivity index (χ2v) is 5.93. The Kier molecular flexibility index (Phi) is 2.89. The molecule has 4 rings (SSSR count). The molecule has 2 aromatic heterocycles. The highest BCUT2D eigenvalue weighted by Crippen LogP contribution is 2.35. The van der Waals surface area contributed by atoms with Crippen molar-refractivity contribution in [1.82, 2.24) is 9.97 Å². The SMILES string of the molecule is Cc1ccc(Sc2ncnc3c2oc2ccccc23)cc1. The Morgan fingerprint density at radius 1 is 0.952 bits per heavy atom. The van der Waals surface area contributed by atoms with Crippen LogP contribution in [0.2, 0.25) is 0 Å². The molecule has 2 heterocycles. The summed E-state index contributed by atoms with van der Waals surface area (Å²) in [5.74, 6) is 0. The molecule has 0 N–H and O–H groups in total. The minimum atomic E-state index is 0.754. The van der Waals surface area contributed by atoms with Gasteiger partial charge in [-0.15, -0.1) is 0 Å². The predicted molar refractivity (Wildman–Crippen MR) is 84.6 cm³/mol. The average Bonchev–Trinajstić information content (AvgIpc) is 2.89. The molecular weight excluding hydrogens is 280 g/mol. The van der Waals surface area contributed by atoms with Crippen molar-refractivity contribution in [2.24, 2.45) is 0 Å². The molecule has 4 heteroatoms. The van der Waals surface area contributed by atoms with Crippen LogP contribution in [0.3, 0.4) is 0 Å². The lowest BCUT2D eigenvalue weighted by Gasteiger charge is -2.01. The molecule has 0 bridgehead atoms. The van der Waals surface area contributed by atoms with Crippen LogP contribution in [0.1, 0.15) is 5.56 Å². The minimum absolute atomic E-state index is 0.754. The molecule has 0 fully saturated rings. The van der Waals surface area contributed by atoms with Gasteiger partial charge >= 0.3 is 0 Å². The highest BCUT2D eigenvalue weighted by Gasteiger charge is 2.13. The maximum absolute atomic E-state index is 5.93. The Balaban J connectivity index is 1.86. The Labute approximate surface area is 126 Å². The standard InChI is InChI=1S/C17H12N2OS/c1-11-6-8-12(9-7-11)21-17-16-15(18-10-19-17)13-4-2-3-5-14(13)20-16/h2-10H,1H3. The first-order chi connectivity index (χ1) is 10.3. The molecular formula is C17H12N2OS. The van der Waals surface area contributed by atoms with Crippen LogP contribution >= 0.6 is 11.8 Å². The molecule has 21 heavy (non-hydrogen) atoms. The Morgan fingerprint density at radius 3 is 2.62 bits per heavy atom. The van der Waals surface area contributed by atoms with E-state index >= 15 is 0 Å². The molecule has 102 valence electrons. The summed E-state index contributed by atoms with van der Waals surface area (Å²) >= 11 is 1.60. The fourth-order valence-corrected chi connectivity index (χ4v) is 3.12. The Bertz CT molecular complexity index is 928. The average molecular weight is 292 g/mol. The molecule has 0 aliphatic heterocycles. The highest BCUT2D eigenvalue weighted by molar-refractivity contribution is 7.99. The van der Waals surface area contributed by atoms with E-state index in [-0.39, 0.29) is 0 Å². The Hall–Kier alpha value is -2.33. The third-order valence-electron chi connectivity index (χ3n) is 3.36. The van der Waals surface area contributed by atoms with Gasteiger partial charge in [-0.05, 0) is 31.2 Å². The molecule has 0 radical (unpaired) electrons. The lowest BCUT2D eigenvalue weighted by molar-refractivity contribution is 0.653. The third-order valence-corrected chi connectivity index (χ3v) is 4.35. The summed E-state index contributed by atoms with van der Waals surface area (Å²) in [5, 5.41) is 1.88. The largest absolute Gasteiger partial charge is 0.451 e. The minimum Gasteiger partial charge on any atom is -0.451 e. The molecule has 3 nitrogen and oxygen atoms in total. The first-order valence-electron chi connectivity index (χ1n) is 6.68. The predicted octanol–water partition coefficient (Wildman–Crippen LogP) is 4.84. The molecule has 0 atom stereocenters. The summed E-state index contributed by atoms with van der Waals surface area (Å²) in [4.78, 5) is 9.89. The number of nitrogens with zero attached hydrogens (tertiary/aromatic N) is 2. The number of benzene rings is 2. The Morgan fingerprint density at radius 2 is 1.76 bits per heavy atom. The number of hydrogen-bond donors (Lipinski definition) is 0. The van der Waals surface area contributed by atoms with Gasteiger partial charge in [-0.25, -0.2) is 9.97 Å². The lowest BCUT2D eigenvalue weighted by atomic mass is 10.2. The van der Waals surface area contributed by atoms with Crippen LogP contribution in [0.15, 0.2) is 69.2 Å². The van der Waals surface area contributed by atoms with Crippen LogP contribution in [0.5, 0.6) is 0 Å². The van der Waals surface area contributed by atoms with Gasteiger partial charge in [-0.2, -0.15) is 0 Å². The molecule has 0 amide bonds. The number of aromatic nitrogens is 2. The molecule has 0 aliphatic rings. The van der Waals surface area contributed by atoms with Crippen molar-refractivity contribution in [3.63, 3.8) is 0 Å². The molecule has 0 unspecified atom stereocenters. The third kappa shape index (κ3) is 2.17. The molecule has 2 aromatic carbocycles. The summed E-state index contributed by atoms with van der Waals surface area (Å²) in [5.41, 5.74) is 3.72. The normalized spacial score (nSPS) is 11.3. The number of rotatable bonds is 2. The maximum Gasteiger partial charge on any atom is 0.186 e. The van der Waals surface area contributed by atoms with E-state index < -0.39 is 0 Å². The number of furan rings is 1. The van der Waals surface area contributed by atoms with E-state index in [9.17, 15) is 0 Å². The van der Waals surface area contributed by atoms with E-state index in [1.54, 1.807) is 18.1 Å². The zero-order valence-corrected chi connectivity index (χ0v) is 12.2. The van der Waals surface area contributed by atoms with E-state index in [1.165, 1.54) is 5.56 Å². The van der Waals surface area contributed by atoms with Crippen molar-refractivity contribution >= 4 is 33.8 Å². The van der Waals surface area contributed by atoms with Gasteiger partial charge < -0.3 is 4.42 Å². The quantitative estimate of drug-likeness (QED) is 0.496. The van der Waals surface area contributed by atoms with Crippen LogP contribution < -0.4 is 0 Å². The number of para-hydroxylation sites is 1. The fourth-order valence-electron chi connectivity index (χ4n) is 2.29. The van der Waals surface area contributed by atoms with Crippen LogP contribution in [-0.2, 0) is 0 Å². The number of aryl methyl sites for hydroxylation is 1. The van der Waals surface area contributed by atoms with Crippen LogP contribution in [-0.4, -0.2) is 9.97 Å². The monoisotopic (exact) mass is 292 g/mol. The van der Waals surface area contributed by atoms with Crippen LogP contribution in [0.25, 0.3) is 22.1 Å². The molecule has 0 saturated carbocycles. The second-order valence-electron chi connectivity index (χ2n) is 4.87. The highest BCUT2D eigenvalue weighted by atomic mass is 32.2. The van der Waals surface area contributed by atoms with Crippen molar-refractivity contribution in [3.05, 3.63) is 60.4 Å². The van der Waals surface area contributed by atoms with E-state index in [2.05, 4.69) is 41.2 Å². The van der Waals surface area contributed by atoms with E-state index in [0.717, 1.165) is 32.0 Å². The van der Waals surface area contributed by atoms with Gasteiger partial charge in [0.15, 0.2) is 5.58 Å². The zero-order chi connectivity index (χ0) is 14.2. The summed E-state index contributed by atoms with van der Waals surface area (Å²) in [6.07, 6.45) is 1.60. The number of hydrogen-bond acceptors (Lipinski definition) is 4. The summed E-state index contributed by atoms with van der Waals surface area (Å²) in [6.45, 7) is 2.08.